The molecule has 1 atom stereocenters. The fourth-order valence-corrected chi connectivity index (χ4v) is 2.57. The van der Waals surface area contributed by atoms with Crippen molar-refractivity contribution in [1.29, 1.82) is 0 Å². The lowest BCUT2D eigenvalue weighted by Crippen LogP contribution is -2.40. The van der Waals surface area contributed by atoms with Crippen LogP contribution in [0.3, 0.4) is 0 Å². The highest BCUT2D eigenvalue weighted by Gasteiger charge is 2.48. The largest absolute Gasteiger partial charge is 0.478 e. The molecule has 27 heavy (non-hydrogen) atoms. The molecule has 0 saturated carbocycles. The molecule has 10 heteroatoms. The quantitative estimate of drug-likeness (QED) is 0.712. The molecule has 1 N–H and O–H groups in total. The monoisotopic (exact) mass is 406 g/mol. The van der Waals surface area contributed by atoms with Gasteiger partial charge in [-0.05, 0) is 24.3 Å². The van der Waals surface area contributed by atoms with Gasteiger partial charge < -0.3 is 14.6 Å². The summed E-state index contributed by atoms with van der Waals surface area (Å²) >= 11 is 5.99. The summed E-state index contributed by atoms with van der Waals surface area (Å²) in [4.78, 5) is 11.1. The summed E-state index contributed by atoms with van der Waals surface area (Å²) in [6, 6.07) is 4.77. The summed E-state index contributed by atoms with van der Waals surface area (Å²) < 4.78 is 75.6. The third kappa shape index (κ3) is 3.82. The molecule has 1 unspecified atom stereocenters. The summed E-state index contributed by atoms with van der Waals surface area (Å²) in [5.41, 5.74) is -1.00. The zero-order chi connectivity index (χ0) is 19.9. The summed E-state index contributed by atoms with van der Waals surface area (Å²) in [5.74, 6) is -4.76. The van der Waals surface area contributed by atoms with Crippen LogP contribution in [0.15, 0.2) is 35.9 Å². The Hall–Kier alpha value is -2.81. The van der Waals surface area contributed by atoms with Gasteiger partial charge in [-0.15, -0.1) is 0 Å². The van der Waals surface area contributed by atoms with Gasteiger partial charge in [0.1, 0.15) is 17.2 Å². The van der Waals surface area contributed by atoms with Gasteiger partial charge in [-0.3, -0.25) is 0 Å². The van der Waals surface area contributed by atoms with Crippen LogP contribution in [0.25, 0.3) is 6.08 Å². The number of carboxylic acid groups (broad SMARTS) is 1. The van der Waals surface area contributed by atoms with E-state index in [1.165, 1.54) is 0 Å². The van der Waals surface area contributed by atoms with E-state index in [4.69, 9.17) is 26.2 Å². The minimum absolute atomic E-state index is 0.00413. The molecule has 0 spiro atoms. The Kier molecular flexibility index (Phi) is 4.73. The molecule has 0 fully saturated rings. The first-order valence-corrected chi connectivity index (χ1v) is 7.59. The summed E-state index contributed by atoms with van der Waals surface area (Å²) in [6.45, 7) is 0. The number of fused-ring (bicyclic) bond motifs is 1. The van der Waals surface area contributed by atoms with Gasteiger partial charge in [0.15, 0.2) is 11.6 Å². The van der Waals surface area contributed by atoms with E-state index in [1.807, 2.05) is 0 Å². The number of benzene rings is 2. The minimum Gasteiger partial charge on any atom is -0.478 e. The molecule has 0 aliphatic carbocycles. The Morgan fingerprint density at radius 1 is 1.15 bits per heavy atom. The van der Waals surface area contributed by atoms with E-state index in [9.17, 15) is 26.7 Å². The smallest absolute Gasteiger partial charge is 0.430 e. The number of carbonyl (C=O) groups is 1. The number of aliphatic carboxylic acids is 1. The molecule has 1 heterocycles. The van der Waals surface area contributed by atoms with Crippen LogP contribution in [0.4, 0.5) is 22.0 Å². The average molecular weight is 407 g/mol. The molecule has 2 aromatic rings. The highest BCUT2D eigenvalue weighted by molar-refractivity contribution is 6.32. The highest BCUT2D eigenvalue weighted by atomic mass is 35.5. The van der Waals surface area contributed by atoms with E-state index in [1.54, 1.807) is 0 Å². The van der Waals surface area contributed by atoms with Crippen LogP contribution in [-0.4, -0.2) is 23.4 Å². The lowest BCUT2D eigenvalue weighted by Gasteiger charge is -2.27. The average Bonchev–Trinajstić information content (AvgIpc) is 2.57. The van der Waals surface area contributed by atoms with Crippen LogP contribution < -0.4 is 9.47 Å². The van der Waals surface area contributed by atoms with Crippen molar-refractivity contribution < 1.29 is 41.3 Å². The molecule has 2 aromatic carbocycles. The Labute approximate surface area is 153 Å². The summed E-state index contributed by atoms with van der Waals surface area (Å²) in [6.07, 6.45) is -6.85. The summed E-state index contributed by atoms with van der Waals surface area (Å²) in [7, 11) is 0. The van der Waals surface area contributed by atoms with Crippen molar-refractivity contribution >= 4 is 23.6 Å². The fraction of sp³-hybridized carbons (Fsp3) is 0.118. The maximum Gasteiger partial charge on any atom is 0.430 e. The van der Waals surface area contributed by atoms with Gasteiger partial charge >= 0.3 is 12.1 Å². The number of rotatable bonds is 3. The van der Waals surface area contributed by atoms with Gasteiger partial charge in [-0.25, -0.2) is 13.6 Å². The van der Waals surface area contributed by atoms with Crippen molar-refractivity contribution in [2.24, 2.45) is 0 Å². The van der Waals surface area contributed by atoms with Crippen LogP contribution in [0.2, 0.25) is 5.02 Å². The number of ether oxygens (including phenoxy) is 2. The second kappa shape index (κ2) is 6.73. The van der Waals surface area contributed by atoms with Gasteiger partial charge in [-0.1, -0.05) is 11.6 Å². The Bertz CT molecular complexity index is 955. The lowest BCUT2D eigenvalue weighted by atomic mass is 10.0. The van der Waals surface area contributed by atoms with Crippen molar-refractivity contribution in [3.63, 3.8) is 0 Å². The number of hydrogen-bond acceptors (Lipinski definition) is 3. The molecule has 0 bridgehead atoms. The Morgan fingerprint density at radius 2 is 1.85 bits per heavy atom. The zero-order valence-electron chi connectivity index (χ0n) is 13.0. The van der Waals surface area contributed by atoms with Crippen molar-refractivity contribution in [2.75, 3.05) is 0 Å². The lowest BCUT2D eigenvalue weighted by molar-refractivity contribution is -0.187. The first-order valence-electron chi connectivity index (χ1n) is 7.21. The van der Waals surface area contributed by atoms with Gasteiger partial charge in [0, 0.05) is 17.7 Å². The highest BCUT2D eigenvalue weighted by Crippen LogP contribution is 2.42. The Balaban J connectivity index is 2.01. The van der Waals surface area contributed by atoms with Crippen LogP contribution in [0.1, 0.15) is 5.56 Å². The maximum absolute atomic E-state index is 13.3. The fourth-order valence-electron chi connectivity index (χ4n) is 2.36. The van der Waals surface area contributed by atoms with Gasteiger partial charge in [-0.2, -0.15) is 13.2 Å². The second-order valence-corrected chi connectivity index (χ2v) is 5.85. The van der Waals surface area contributed by atoms with Crippen molar-refractivity contribution in [1.82, 2.24) is 0 Å². The van der Waals surface area contributed by atoms with Gasteiger partial charge in [0.05, 0.1) is 10.6 Å². The first kappa shape index (κ1) is 19.0. The third-order valence-electron chi connectivity index (χ3n) is 3.57. The molecule has 1 aliphatic rings. The molecule has 3 rings (SSSR count). The van der Waals surface area contributed by atoms with Gasteiger partial charge in [0.25, 0.3) is 0 Å². The predicted molar refractivity (Wildman–Crippen MR) is 84.0 cm³/mol. The standard InChI is InChI=1S/C17H8ClF5O4/c18-10-4-7-3-9(16(24)25)15(17(21,22)23)27-13(7)6-14(10)26-8-1-2-11(19)12(20)5-8/h1-6,15H,(H,24,25). The number of hydrogen-bond donors (Lipinski definition) is 1. The molecular formula is C17H8ClF5O4. The number of halogens is 6. The normalized spacial score (nSPS) is 16.2. The van der Waals surface area contributed by atoms with Crippen LogP contribution in [0, 0.1) is 11.6 Å². The van der Waals surface area contributed by atoms with Crippen LogP contribution in [-0.2, 0) is 4.79 Å². The number of carboxylic acids is 1. The van der Waals surface area contributed by atoms with E-state index >= 15 is 0 Å². The van der Waals surface area contributed by atoms with Crippen molar-refractivity contribution in [3.05, 3.63) is 58.1 Å². The van der Waals surface area contributed by atoms with E-state index in [-0.39, 0.29) is 27.8 Å². The van der Waals surface area contributed by atoms with E-state index in [2.05, 4.69) is 0 Å². The van der Waals surface area contributed by atoms with Crippen LogP contribution >= 0.6 is 11.6 Å². The predicted octanol–water partition coefficient (Wildman–Crippen LogP) is 5.20. The topological polar surface area (TPSA) is 55.8 Å². The zero-order valence-corrected chi connectivity index (χ0v) is 13.7. The molecule has 0 radical (unpaired) electrons. The summed E-state index contributed by atoms with van der Waals surface area (Å²) in [5, 5.41) is 8.89. The molecule has 1 aliphatic heterocycles. The van der Waals surface area contributed by atoms with E-state index in [0.29, 0.717) is 0 Å². The van der Waals surface area contributed by atoms with E-state index < -0.39 is 35.5 Å². The molecule has 0 amide bonds. The van der Waals surface area contributed by atoms with Gasteiger partial charge in [0.2, 0.25) is 6.10 Å². The molecule has 4 nitrogen and oxygen atoms in total. The number of alkyl halides is 3. The van der Waals surface area contributed by atoms with E-state index in [0.717, 1.165) is 36.4 Å². The second-order valence-electron chi connectivity index (χ2n) is 5.44. The first-order chi connectivity index (χ1) is 12.6. The molecule has 0 aromatic heterocycles. The Morgan fingerprint density at radius 3 is 2.44 bits per heavy atom. The minimum atomic E-state index is -4.97. The maximum atomic E-state index is 13.3. The molecule has 142 valence electrons. The van der Waals surface area contributed by atoms with Crippen molar-refractivity contribution in [2.45, 2.75) is 12.3 Å². The molecule has 0 saturated heterocycles. The third-order valence-corrected chi connectivity index (χ3v) is 3.86. The molecular weight excluding hydrogens is 399 g/mol. The van der Waals surface area contributed by atoms with Crippen molar-refractivity contribution in [3.8, 4) is 17.2 Å². The van der Waals surface area contributed by atoms with Crippen LogP contribution in [0.5, 0.6) is 17.2 Å². The SMILES string of the molecule is O=C(O)C1=Cc2cc(Cl)c(Oc3ccc(F)c(F)c3)cc2OC1C(F)(F)F.